The number of carbonyl (C=O) groups is 2. The van der Waals surface area contributed by atoms with Crippen LogP contribution in [0, 0.1) is 0 Å². The Morgan fingerprint density at radius 1 is 0.913 bits per heavy atom. The van der Waals surface area contributed by atoms with Crippen molar-refractivity contribution in [1.29, 1.82) is 0 Å². The van der Waals surface area contributed by atoms with Crippen molar-refractivity contribution >= 4 is 39.5 Å². The van der Waals surface area contributed by atoms with Crippen molar-refractivity contribution in [3.8, 4) is 0 Å². The molecule has 3 rings (SSSR count). The molecule has 2 aromatic carbocycles. The van der Waals surface area contributed by atoms with Crippen molar-refractivity contribution in [3.05, 3.63) is 64.9 Å². The van der Waals surface area contributed by atoms with Crippen molar-refractivity contribution in [1.82, 2.24) is 0 Å². The highest BCUT2D eigenvalue weighted by molar-refractivity contribution is 7.12. The highest BCUT2D eigenvalue weighted by Crippen LogP contribution is 2.23. The molecule has 0 spiro atoms. The number of rotatable bonds is 6. The van der Waals surface area contributed by atoms with Gasteiger partial charge in [0.1, 0.15) is 0 Å². The van der Waals surface area contributed by atoms with E-state index in [0.717, 1.165) is 21.3 Å². The summed E-state index contributed by atoms with van der Waals surface area (Å²) in [4.78, 5) is 24.8. The smallest absolute Gasteiger partial charge is 0.224 e. The van der Waals surface area contributed by atoms with E-state index in [0.29, 0.717) is 19.3 Å². The average molecular weight is 323 g/mol. The van der Waals surface area contributed by atoms with Gasteiger partial charge in [-0.15, -0.1) is 11.3 Å². The van der Waals surface area contributed by atoms with Gasteiger partial charge in [-0.3, -0.25) is 9.59 Å². The zero-order chi connectivity index (χ0) is 16.1. The first-order valence-electron chi connectivity index (χ1n) is 7.58. The first-order valence-corrected chi connectivity index (χ1v) is 8.46. The van der Waals surface area contributed by atoms with Crippen molar-refractivity contribution < 1.29 is 9.59 Å². The maximum absolute atomic E-state index is 12.1. The summed E-state index contributed by atoms with van der Waals surface area (Å²) in [5, 5.41) is 6.96. The standard InChI is InChI=1S/C19H17NO2S/c21-17(18-11-5-13-23-18)10-4-12-19(22)20-16-9-3-7-14-6-1-2-8-15(14)16/h1-3,5-9,11,13H,4,10,12H2,(H,20,22). The second kappa shape index (κ2) is 7.20. The largest absolute Gasteiger partial charge is 0.326 e. The molecule has 4 heteroatoms. The van der Waals surface area contributed by atoms with Crippen LogP contribution in [-0.2, 0) is 4.79 Å². The monoisotopic (exact) mass is 323 g/mol. The lowest BCUT2D eigenvalue weighted by Crippen LogP contribution is -2.12. The molecule has 116 valence electrons. The number of hydrogen-bond donors (Lipinski definition) is 1. The first kappa shape index (κ1) is 15.4. The maximum atomic E-state index is 12.1. The van der Waals surface area contributed by atoms with Crippen LogP contribution in [0.15, 0.2) is 60.0 Å². The van der Waals surface area contributed by atoms with E-state index in [1.165, 1.54) is 11.3 Å². The van der Waals surface area contributed by atoms with Gasteiger partial charge in [0.15, 0.2) is 5.78 Å². The van der Waals surface area contributed by atoms with Crippen LogP contribution < -0.4 is 5.32 Å². The molecule has 0 aliphatic rings. The zero-order valence-electron chi connectivity index (χ0n) is 12.6. The Morgan fingerprint density at radius 2 is 1.74 bits per heavy atom. The van der Waals surface area contributed by atoms with Gasteiger partial charge in [-0.05, 0) is 29.3 Å². The molecule has 0 unspecified atom stereocenters. The van der Waals surface area contributed by atoms with E-state index in [1.54, 1.807) is 0 Å². The van der Waals surface area contributed by atoms with Crippen LogP contribution in [0.2, 0.25) is 0 Å². The van der Waals surface area contributed by atoms with E-state index in [2.05, 4.69) is 5.32 Å². The first-order chi connectivity index (χ1) is 11.2. The number of carbonyl (C=O) groups excluding carboxylic acids is 2. The van der Waals surface area contributed by atoms with Crippen LogP contribution in [0.5, 0.6) is 0 Å². The predicted molar refractivity (Wildman–Crippen MR) is 95.1 cm³/mol. The minimum absolute atomic E-state index is 0.0552. The third-order valence-electron chi connectivity index (χ3n) is 3.67. The van der Waals surface area contributed by atoms with E-state index in [9.17, 15) is 9.59 Å². The molecule has 3 nitrogen and oxygen atoms in total. The van der Waals surface area contributed by atoms with Crippen molar-refractivity contribution in [2.45, 2.75) is 19.3 Å². The molecule has 0 fully saturated rings. The molecule has 0 aliphatic heterocycles. The molecule has 23 heavy (non-hydrogen) atoms. The number of benzene rings is 2. The molecular formula is C19H17NO2S. The quantitative estimate of drug-likeness (QED) is 0.656. The van der Waals surface area contributed by atoms with Crippen molar-refractivity contribution in [2.75, 3.05) is 5.32 Å². The molecule has 0 saturated heterocycles. The fraction of sp³-hybridized carbons (Fsp3) is 0.158. The van der Waals surface area contributed by atoms with E-state index in [4.69, 9.17) is 0 Å². The molecule has 1 aromatic heterocycles. The molecule has 1 amide bonds. The third kappa shape index (κ3) is 3.85. The minimum atomic E-state index is -0.0552. The summed E-state index contributed by atoms with van der Waals surface area (Å²) in [7, 11) is 0. The summed E-state index contributed by atoms with van der Waals surface area (Å²) in [6, 6.07) is 17.5. The Balaban J connectivity index is 1.56. The predicted octanol–water partition coefficient (Wildman–Crippen LogP) is 4.89. The highest BCUT2D eigenvalue weighted by atomic mass is 32.1. The number of Topliss-reactive ketones (excluding diaryl/α,β-unsaturated/α-hetero) is 1. The Morgan fingerprint density at radius 3 is 2.57 bits per heavy atom. The van der Waals surface area contributed by atoms with Crippen LogP contribution in [0.4, 0.5) is 5.69 Å². The number of ketones is 1. The van der Waals surface area contributed by atoms with Crippen molar-refractivity contribution in [2.24, 2.45) is 0 Å². The Bertz CT molecular complexity index is 819. The van der Waals surface area contributed by atoms with Crippen LogP contribution in [-0.4, -0.2) is 11.7 Å². The summed E-state index contributed by atoms with van der Waals surface area (Å²) in [6.07, 6.45) is 1.32. The second-order valence-corrected chi connectivity index (χ2v) is 6.28. The van der Waals surface area contributed by atoms with E-state index < -0.39 is 0 Å². The van der Waals surface area contributed by atoms with Gasteiger partial charge in [-0.25, -0.2) is 0 Å². The number of nitrogens with one attached hydrogen (secondary N) is 1. The van der Waals surface area contributed by atoms with E-state index in [-0.39, 0.29) is 11.7 Å². The minimum Gasteiger partial charge on any atom is -0.326 e. The fourth-order valence-corrected chi connectivity index (χ4v) is 3.21. The molecule has 0 radical (unpaired) electrons. The molecule has 0 bridgehead atoms. The van der Waals surface area contributed by atoms with Crippen LogP contribution in [0.1, 0.15) is 28.9 Å². The Hall–Kier alpha value is -2.46. The molecule has 0 atom stereocenters. The SMILES string of the molecule is O=C(CCCC(=O)c1cccs1)Nc1cccc2ccccc12. The summed E-state index contributed by atoms with van der Waals surface area (Å²) < 4.78 is 0. The lowest BCUT2D eigenvalue weighted by atomic mass is 10.1. The lowest BCUT2D eigenvalue weighted by molar-refractivity contribution is -0.116. The highest BCUT2D eigenvalue weighted by Gasteiger charge is 2.09. The average Bonchev–Trinajstić information content (AvgIpc) is 3.10. The Labute approximate surface area is 139 Å². The summed E-state index contributed by atoms with van der Waals surface area (Å²) >= 11 is 1.44. The topological polar surface area (TPSA) is 46.2 Å². The van der Waals surface area contributed by atoms with Gasteiger partial charge >= 0.3 is 0 Å². The number of anilines is 1. The van der Waals surface area contributed by atoms with Crippen LogP contribution in [0.3, 0.4) is 0 Å². The summed E-state index contributed by atoms with van der Waals surface area (Å²) in [5.74, 6) is 0.0540. The molecule has 0 saturated carbocycles. The Kier molecular flexibility index (Phi) is 4.83. The van der Waals surface area contributed by atoms with Gasteiger partial charge < -0.3 is 5.32 Å². The summed E-state index contributed by atoms with van der Waals surface area (Å²) in [5.41, 5.74) is 0.817. The molecular weight excluding hydrogens is 306 g/mol. The maximum Gasteiger partial charge on any atom is 0.224 e. The number of amides is 1. The molecule has 1 N–H and O–H groups in total. The zero-order valence-corrected chi connectivity index (χ0v) is 13.4. The third-order valence-corrected chi connectivity index (χ3v) is 4.58. The molecule has 3 aromatic rings. The second-order valence-electron chi connectivity index (χ2n) is 5.33. The summed E-state index contributed by atoms with van der Waals surface area (Å²) in [6.45, 7) is 0. The normalized spacial score (nSPS) is 10.6. The molecule has 0 aliphatic carbocycles. The number of hydrogen-bond acceptors (Lipinski definition) is 3. The van der Waals surface area contributed by atoms with Gasteiger partial charge in [-0.1, -0.05) is 42.5 Å². The van der Waals surface area contributed by atoms with Gasteiger partial charge in [0.25, 0.3) is 0 Å². The van der Waals surface area contributed by atoms with E-state index >= 15 is 0 Å². The van der Waals surface area contributed by atoms with Crippen molar-refractivity contribution in [3.63, 3.8) is 0 Å². The fourth-order valence-electron chi connectivity index (χ4n) is 2.52. The molecule has 1 heterocycles. The van der Waals surface area contributed by atoms with E-state index in [1.807, 2.05) is 60.0 Å². The van der Waals surface area contributed by atoms with Gasteiger partial charge in [0.05, 0.1) is 4.88 Å². The van der Waals surface area contributed by atoms with Crippen LogP contribution in [0.25, 0.3) is 10.8 Å². The van der Waals surface area contributed by atoms with Gasteiger partial charge in [0, 0.05) is 23.9 Å². The van der Waals surface area contributed by atoms with Crippen LogP contribution >= 0.6 is 11.3 Å². The van der Waals surface area contributed by atoms with Gasteiger partial charge in [-0.2, -0.15) is 0 Å². The number of thiophene rings is 1. The van der Waals surface area contributed by atoms with Gasteiger partial charge in [0.2, 0.25) is 5.91 Å². The lowest BCUT2D eigenvalue weighted by Gasteiger charge is -2.08. The number of fused-ring (bicyclic) bond motifs is 1.